The second-order valence-electron chi connectivity index (χ2n) is 7.74. The number of halogens is 1. The lowest BCUT2D eigenvalue weighted by Crippen LogP contribution is -2.37. The standard InChI is InChI=1S/C22H24ClN5O6S2/c1-14-11-15(2)25-22(24-14)27-36(32,33)18-8-5-16(6-9-18)26-21(29)13-28(35(4,30)31)17-7-10-20(34-3)19(23)12-17/h5-12H,13H2,1-4H3,(H,26,29)(H,24,25,27). The normalized spacial score (nSPS) is 11.6. The first kappa shape index (κ1) is 27.2. The molecule has 2 aromatic carbocycles. The molecule has 2 N–H and O–H groups in total. The van der Waals surface area contributed by atoms with Crippen molar-refractivity contribution >= 4 is 54.9 Å². The summed E-state index contributed by atoms with van der Waals surface area (Å²) in [6.45, 7) is 2.91. The lowest BCUT2D eigenvalue weighted by atomic mass is 10.3. The second kappa shape index (κ2) is 10.7. The van der Waals surface area contributed by atoms with E-state index in [1.165, 1.54) is 49.6 Å². The number of sulfonamides is 2. The highest BCUT2D eigenvalue weighted by atomic mass is 35.5. The van der Waals surface area contributed by atoms with Crippen molar-refractivity contribution in [2.24, 2.45) is 0 Å². The Labute approximate surface area is 214 Å². The minimum Gasteiger partial charge on any atom is -0.495 e. The molecule has 0 fully saturated rings. The number of benzene rings is 2. The maximum Gasteiger partial charge on any atom is 0.264 e. The molecule has 3 rings (SSSR count). The molecule has 0 saturated heterocycles. The average Bonchev–Trinajstić information content (AvgIpc) is 2.76. The van der Waals surface area contributed by atoms with Gasteiger partial charge in [0.05, 0.1) is 29.0 Å². The molecule has 0 aliphatic rings. The molecule has 0 unspecified atom stereocenters. The van der Waals surface area contributed by atoms with E-state index in [0.29, 0.717) is 17.1 Å². The van der Waals surface area contributed by atoms with Crippen LogP contribution < -0.4 is 19.1 Å². The molecular formula is C22H24ClN5O6S2. The molecular weight excluding hydrogens is 530 g/mol. The lowest BCUT2D eigenvalue weighted by molar-refractivity contribution is -0.114. The van der Waals surface area contributed by atoms with E-state index in [-0.39, 0.29) is 27.2 Å². The number of aryl methyl sites for hydroxylation is 2. The van der Waals surface area contributed by atoms with Crippen LogP contribution in [0.15, 0.2) is 53.4 Å². The van der Waals surface area contributed by atoms with Gasteiger partial charge in [-0.3, -0.25) is 9.10 Å². The minimum atomic E-state index is -3.97. The van der Waals surface area contributed by atoms with Crippen molar-refractivity contribution < 1.29 is 26.4 Å². The number of amides is 1. The molecule has 3 aromatic rings. The number of methoxy groups -OCH3 is 1. The van der Waals surface area contributed by atoms with Gasteiger partial charge in [-0.2, -0.15) is 0 Å². The van der Waals surface area contributed by atoms with E-state index < -0.39 is 32.5 Å². The Morgan fingerprint density at radius 2 is 1.61 bits per heavy atom. The number of nitrogens with zero attached hydrogens (tertiary/aromatic N) is 3. The van der Waals surface area contributed by atoms with Gasteiger partial charge in [-0.05, 0) is 62.4 Å². The number of carbonyl (C=O) groups excluding carboxylic acids is 1. The zero-order chi connectivity index (χ0) is 26.7. The fraction of sp³-hybridized carbons (Fsp3) is 0.227. The summed E-state index contributed by atoms with van der Waals surface area (Å²) in [5.74, 6) is -0.346. The minimum absolute atomic E-state index is 0.0515. The van der Waals surface area contributed by atoms with E-state index in [2.05, 4.69) is 20.0 Å². The summed E-state index contributed by atoms with van der Waals surface area (Å²) in [5.41, 5.74) is 1.67. The highest BCUT2D eigenvalue weighted by Gasteiger charge is 2.22. The van der Waals surface area contributed by atoms with Gasteiger partial charge in [-0.15, -0.1) is 0 Å². The first-order valence-electron chi connectivity index (χ1n) is 10.3. The van der Waals surface area contributed by atoms with Crippen molar-refractivity contribution in [2.45, 2.75) is 18.7 Å². The van der Waals surface area contributed by atoms with Crippen LogP contribution in [0.4, 0.5) is 17.3 Å². The van der Waals surface area contributed by atoms with Crippen LogP contribution in [-0.2, 0) is 24.8 Å². The monoisotopic (exact) mass is 553 g/mol. The van der Waals surface area contributed by atoms with Crippen molar-refractivity contribution in [1.82, 2.24) is 9.97 Å². The summed E-state index contributed by atoms with van der Waals surface area (Å²) in [5, 5.41) is 2.73. The number of nitrogens with one attached hydrogen (secondary N) is 2. The third-order valence-electron chi connectivity index (χ3n) is 4.77. The van der Waals surface area contributed by atoms with Crippen molar-refractivity contribution in [3.05, 3.63) is 64.9 Å². The van der Waals surface area contributed by atoms with Crippen LogP contribution in [0.2, 0.25) is 5.02 Å². The summed E-state index contributed by atoms with van der Waals surface area (Å²) in [6.07, 6.45) is 0.963. The molecule has 14 heteroatoms. The Hall–Kier alpha value is -3.42. The zero-order valence-corrected chi connectivity index (χ0v) is 22.2. The smallest absolute Gasteiger partial charge is 0.264 e. The van der Waals surface area contributed by atoms with E-state index in [1.54, 1.807) is 19.9 Å². The van der Waals surface area contributed by atoms with Crippen molar-refractivity contribution in [2.75, 3.05) is 34.3 Å². The van der Waals surface area contributed by atoms with Crippen molar-refractivity contribution in [1.29, 1.82) is 0 Å². The molecule has 0 aliphatic heterocycles. The van der Waals surface area contributed by atoms with Gasteiger partial charge in [-0.25, -0.2) is 31.5 Å². The van der Waals surface area contributed by atoms with E-state index in [4.69, 9.17) is 16.3 Å². The number of hydrogen-bond acceptors (Lipinski definition) is 8. The molecule has 0 spiro atoms. The van der Waals surface area contributed by atoms with Gasteiger partial charge >= 0.3 is 0 Å². The van der Waals surface area contributed by atoms with Crippen LogP contribution in [0.1, 0.15) is 11.4 Å². The molecule has 1 heterocycles. The maximum atomic E-state index is 12.7. The number of anilines is 3. The summed E-state index contributed by atoms with van der Waals surface area (Å²) in [6, 6.07) is 11.4. The van der Waals surface area contributed by atoms with Crippen LogP contribution >= 0.6 is 11.6 Å². The molecule has 0 radical (unpaired) electrons. The van der Waals surface area contributed by atoms with Crippen LogP contribution in [0, 0.1) is 13.8 Å². The second-order valence-corrected chi connectivity index (χ2v) is 11.7. The highest BCUT2D eigenvalue weighted by molar-refractivity contribution is 7.92. The number of aromatic nitrogens is 2. The lowest BCUT2D eigenvalue weighted by Gasteiger charge is -2.22. The molecule has 1 aromatic heterocycles. The zero-order valence-electron chi connectivity index (χ0n) is 19.8. The fourth-order valence-electron chi connectivity index (χ4n) is 3.21. The SMILES string of the molecule is COc1ccc(N(CC(=O)Nc2ccc(S(=O)(=O)Nc3nc(C)cc(C)n3)cc2)S(C)(=O)=O)cc1Cl. The molecule has 0 bridgehead atoms. The summed E-state index contributed by atoms with van der Waals surface area (Å²) >= 11 is 6.10. The molecule has 11 nitrogen and oxygen atoms in total. The third-order valence-corrected chi connectivity index (χ3v) is 7.55. The Kier molecular flexibility index (Phi) is 8.06. The Bertz CT molecular complexity index is 1480. The predicted octanol–water partition coefficient (Wildman–Crippen LogP) is 2.96. The molecule has 0 saturated carbocycles. The van der Waals surface area contributed by atoms with Gasteiger partial charge < -0.3 is 10.1 Å². The molecule has 36 heavy (non-hydrogen) atoms. The van der Waals surface area contributed by atoms with Crippen LogP contribution in [0.5, 0.6) is 5.75 Å². The van der Waals surface area contributed by atoms with Gasteiger partial charge in [0.25, 0.3) is 10.0 Å². The molecule has 1 amide bonds. The Balaban J connectivity index is 1.73. The summed E-state index contributed by atoms with van der Waals surface area (Å²) in [4.78, 5) is 20.7. The fourth-order valence-corrected chi connectivity index (χ4v) is 5.25. The topological polar surface area (TPSA) is 148 Å². The van der Waals surface area contributed by atoms with Crippen molar-refractivity contribution in [3.63, 3.8) is 0 Å². The van der Waals surface area contributed by atoms with Gasteiger partial charge in [0.1, 0.15) is 12.3 Å². The Morgan fingerprint density at radius 1 is 1.00 bits per heavy atom. The van der Waals surface area contributed by atoms with Gasteiger partial charge in [0, 0.05) is 17.1 Å². The van der Waals surface area contributed by atoms with Gasteiger partial charge in [-0.1, -0.05) is 11.6 Å². The molecule has 0 atom stereocenters. The number of ether oxygens (including phenoxy) is 1. The average molecular weight is 554 g/mol. The van der Waals surface area contributed by atoms with Crippen LogP contribution in [-0.4, -0.2) is 52.6 Å². The van der Waals surface area contributed by atoms with Crippen LogP contribution in [0.25, 0.3) is 0 Å². The number of rotatable bonds is 9. The van der Waals surface area contributed by atoms with E-state index >= 15 is 0 Å². The van der Waals surface area contributed by atoms with E-state index in [9.17, 15) is 21.6 Å². The summed E-state index contributed by atoms with van der Waals surface area (Å²) < 4.78 is 58.3. The first-order chi connectivity index (χ1) is 16.8. The van der Waals surface area contributed by atoms with Crippen molar-refractivity contribution in [3.8, 4) is 5.75 Å². The predicted molar refractivity (Wildman–Crippen MR) is 138 cm³/mol. The summed E-state index contributed by atoms with van der Waals surface area (Å²) in [7, 11) is -6.38. The van der Waals surface area contributed by atoms with Gasteiger partial charge in [0.15, 0.2) is 0 Å². The third kappa shape index (κ3) is 6.83. The largest absolute Gasteiger partial charge is 0.495 e. The number of hydrogen-bond donors (Lipinski definition) is 2. The van der Waals surface area contributed by atoms with E-state index in [1.807, 2.05) is 0 Å². The van der Waals surface area contributed by atoms with E-state index in [0.717, 1.165) is 10.6 Å². The first-order valence-corrected chi connectivity index (χ1v) is 14.1. The molecule has 192 valence electrons. The maximum absolute atomic E-state index is 12.7. The quantitative estimate of drug-likeness (QED) is 0.411. The number of carbonyl (C=O) groups is 1. The Morgan fingerprint density at radius 3 is 2.14 bits per heavy atom. The molecule has 0 aliphatic carbocycles. The highest BCUT2D eigenvalue weighted by Crippen LogP contribution is 2.30. The van der Waals surface area contributed by atoms with Gasteiger partial charge in [0.2, 0.25) is 21.9 Å². The van der Waals surface area contributed by atoms with Crippen LogP contribution in [0.3, 0.4) is 0 Å².